The first-order chi connectivity index (χ1) is 12.7. The molecule has 27 heavy (non-hydrogen) atoms. The lowest BCUT2D eigenvalue weighted by Gasteiger charge is -1.98. The summed E-state index contributed by atoms with van der Waals surface area (Å²) in [5, 5.41) is 5.33. The molecule has 144 valence electrons. The Morgan fingerprint density at radius 3 is 1.63 bits per heavy atom. The van der Waals surface area contributed by atoms with E-state index in [-0.39, 0.29) is 5.48 Å². The average molecular weight is 363 g/mol. The Kier molecular flexibility index (Phi) is 12.2. The molecule has 0 fully saturated rings. The van der Waals surface area contributed by atoms with Crippen molar-refractivity contribution in [2.75, 3.05) is 0 Å². The first-order valence-corrected chi connectivity index (χ1v) is 9.64. The van der Waals surface area contributed by atoms with Gasteiger partial charge in [-0.15, -0.1) is 0 Å². The third-order valence-electron chi connectivity index (χ3n) is 3.91. The fourth-order valence-electron chi connectivity index (χ4n) is 2.70. The number of hydrogen-bond donors (Lipinski definition) is 0. The molecule has 0 aliphatic rings. The van der Waals surface area contributed by atoms with Gasteiger partial charge in [-0.25, -0.2) is 0 Å². The lowest BCUT2D eigenvalue weighted by atomic mass is 10.1. The van der Waals surface area contributed by atoms with Crippen molar-refractivity contribution in [3.05, 3.63) is 96.1 Å². The topological polar surface area (TPSA) is 31.5 Å². The molecule has 0 bridgehead atoms. The van der Waals surface area contributed by atoms with Crippen LogP contribution in [0.3, 0.4) is 0 Å². The standard InChI is InChI=1S/2C11H10.2C2H6.H2O/c1-9-5-4-7-10-6-2-3-8-11(9)10;1-9-6-7-10-4-2-3-5-11(10)8-9;2*1-2;/h2*2-8H,1H3;2*1-2H3;1H2. The predicted molar refractivity (Wildman–Crippen MR) is 124 cm³/mol. The molecule has 0 radical (unpaired) electrons. The Balaban J connectivity index is 0.000000411. The van der Waals surface area contributed by atoms with Crippen molar-refractivity contribution in [2.24, 2.45) is 0 Å². The molecule has 0 atom stereocenters. The second-order valence-corrected chi connectivity index (χ2v) is 5.65. The molecular formula is C26H34O. The van der Waals surface area contributed by atoms with E-state index in [1.807, 2.05) is 27.7 Å². The Morgan fingerprint density at radius 1 is 0.481 bits per heavy atom. The molecule has 4 aromatic carbocycles. The monoisotopic (exact) mass is 362 g/mol. The average Bonchev–Trinajstić information content (AvgIpc) is 2.72. The summed E-state index contributed by atoms with van der Waals surface area (Å²) >= 11 is 0. The van der Waals surface area contributed by atoms with Crippen LogP contribution < -0.4 is 0 Å². The molecule has 0 aliphatic carbocycles. The normalized spacial score (nSPS) is 8.81. The number of rotatable bonds is 0. The Bertz CT molecular complexity index is 898. The van der Waals surface area contributed by atoms with Gasteiger partial charge >= 0.3 is 0 Å². The number of hydrogen-bond acceptors (Lipinski definition) is 0. The van der Waals surface area contributed by atoms with Gasteiger partial charge in [0.15, 0.2) is 0 Å². The molecule has 0 saturated heterocycles. The molecule has 0 saturated carbocycles. The summed E-state index contributed by atoms with van der Waals surface area (Å²) in [6.45, 7) is 12.3. The number of aryl methyl sites for hydroxylation is 2. The maximum atomic E-state index is 2.20. The van der Waals surface area contributed by atoms with E-state index in [4.69, 9.17) is 0 Å². The van der Waals surface area contributed by atoms with Crippen LogP contribution in [0.2, 0.25) is 0 Å². The molecule has 4 aromatic rings. The van der Waals surface area contributed by atoms with Gasteiger partial charge in [-0.1, -0.05) is 118 Å². The first kappa shape index (κ1) is 24.4. The molecule has 0 heterocycles. The van der Waals surface area contributed by atoms with Gasteiger partial charge in [0.2, 0.25) is 0 Å². The third-order valence-corrected chi connectivity index (χ3v) is 3.91. The third kappa shape index (κ3) is 7.24. The van der Waals surface area contributed by atoms with Gasteiger partial charge in [0, 0.05) is 0 Å². The Labute approximate surface area is 165 Å². The van der Waals surface area contributed by atoms with Crippen LogP contribution in [0.15, 0.2) is 84.9 Å². The molecule has 0 aromatic heterocycles. The number of fused-ring (bicyclic) bond motifs is 2. The maximum absolute atomic E-state index is 2.20. The smallest absolute Gasteiger partial charge is 0.0155 e. The summed E-state index contributed by atoms with van der Waals surface area (Å²) in [7, 11) is 0. The molecule has 1 nitrogen and oxygen atoms in total. The van der Waals surface area contributed by atoms with E-state index in [1.54, 1.807) is 0 Å². The Morgan fingerprint density at radius 2 is 1.00 bits per heavy atom. The van der Waals surface area contributed by atoms with Crippen molar-refractivity contribution in [2.45, 2.75) is 41.5 Å². The summed E-state index contributed by atoms with van der Waals surface area (Å²) in [6, 6.07) is 29.7. The molecule has 4 rings (SSSR count). The molecule has 1 heteroatoms. The van der Waals surface area contributed by atoms with Crippen molar-refractivity contribution >= 4 is 21.5 Å². The van der Waals surface area contributed by atoms with E-state index in [0.29, 0.717) is 0 Å². The largest absolute Gasteiger partial charge is 0.412 e. The molecule has 2 N–H and O–H groups in total. The summed E-state index contributed by atoms with van der Waals surface area (Å²) in [6.07, 6.45) is 0. The summed E-state index contributed by atoms with van der Waals surface area (Å²) < 4.78 is 0. The first-order valence-electron chi connectivity index (χ1n) is 9.64. The fraction of sp³-hybridized carbons (Fsp3) is 0.231. The van der Waals surface area contributed by atoms with Crippen molar-refractivity contribution < 1.29 is 5.48 Å². The summed E-state index contributed by atoms with van der Waals surface area (Å²) in [4.78, 5) is 0. The van der Waals surface area contributed by atoms with E-state index in [1.165, 1.54) is 32.7 Å². The second-order valence-electron chi connectivity index (χ2n) is 5.65. The van der Waals surface area contributed by atoms with Crippen LogP contribution in [0, 0.1) is 13.8 Å². The van der Waals surface area contributed by atoms with E-state index in [0.717, 1.165) is 0 Å². The van der Waals surface area contributed by atoms with Crippen LogP contribution >= 0.6 is 0 Å². The minimum absolute atomic E-state index is 0. The van der Waals surface area contributed by atoms with E-state index in [2.05, 4.69) is 98.8 Å². The number of benzene rings is 4. The van der Waals surface area contributed by atoms with Crippen molar-refractivity contribution in [1.82, 2.24) is 0 Å². The highest BCUT2D eigenvalue weighted by Crippen LogP contribution is 2.16. The highest BCUT2D eigenvalue weighted by molar-refractivity contribution is 5.85. The second kappa shape index (κ2) is 13.5. The predicted octanol–water partition coefficient (Wildman–Crippen LogP) is 7.52. The lowest BCUT2D eigenvalue weighted by molar-refractivity contribution is 0.824. The lowest BCUT2D eigenvalue weighted by Crippen LogP contribution is -1.75. The minimum Gasteiger partial charge on any atom is -0.412 e. The summed E-state index contributed by atoms with van der Waals surface area (Å²) in [5.41, 5.74) is 2.67. The zero-order valence-corrected chi connectivity index (χ0v) is 17.6. The van der Waals surface area contributed by atoms with E-state index < -0.39 is 0 Å². The molecule has 0 spiro atoms. The van der Waals surface area contributed by atoms with Crippen LogP contribution in [0.1, 0.15) is 38.8 Å². The van der Waals surface area contributed by atoms with Gasteiger partial charge < -0.3 is 5.48 Å². The zero-order valence-electron chi connectivity index (χ0n) is 17.6. The quantitative estimate of drug-likeness (QED) is 0.310. The van der Waals surface area contributed by atoms with Crippen LogP contribution in [0.4, 0.5) is 0 Å². The summed E-state index contributed by atoms with van der Waals surface area (Å²) in [5.74, 6) is 0. The Hall–Kier alpha value is -2.64. The van der Waals surface area contributed by atoms with Crippen LogP contribution in [-0.2, 0) is 0 Å². The van der Waals surface area contributed by atoms with Crippen LogP contribution in [-0.4, -0.2) is 5.48 Å². The fourth-order valence-corrected chi connectivity index (χ4v) is 2.70. The zero-order chi connectivity index (χ0) is 19.4. The van der Waals surface area contributed by atoms with Gasteiger partial charge in [-0.3, -0.25) is 0 Å². The van der Waals surface area contributed by atoms with E-state index >= 15 is 0 Å². The van der Waals surface area contributed by atoms with Gasteiger partial charge in [0.05, 0.1) is 0 Å². The molecule has 0 unspecified atom stereocenters. The molecule has 0 aliphatic heterocycles. The van der Waals surface area contributed by atoms with Gasteiger partial charge in [0.25, 0.3) is 0 Å². The maximum Gasteiger partial charge on any atom is -0.0155 e. The SMILES string of the molecule is CC.CC.Cc1ccc2ccccc2c1.Cc1cccc2ccccc12.O. The van der Waals surface area contributed by atoms with E-state index in [9.17, 15) is 0 Å². The van der Waals surface area contributed by atoms with Crippen LogP contribution in [0.5, 0.6) is 0 Å². The highest BCUT2D eigenvalue weighted by atomic mass is 16.0. The highest BCUT2D eigenvalue weighted by Gasteiger charge is 1.92. The van der Waals surface area contributed by atoms with Crippen molar-refractivity contribution in [3.8, 4) is 0 Å². The molecular weight excluding hydrogens is 328 g/mol. The van der Waals surface area contributed by atoms with Gasteiger partial charge in [-0.05, 0) is 41.0 Å². The van der Waals surface area contributed by atoms with Crippen LogP contribution in [0.25, 0.3) is 21.5 Å². The van der Waals surface area contributed by atoms with Crippen molar-refractivity contribution in [1.29, 1.82) is 0 Å². The minimum atomic E-state index is 0. The van der Waals surface area contributed by atoms with Crippen molar-refractivity contribution in [3.63, 3.8) is 0 Å². The van der Waals surface area contributed by atoms with Gasteiger partial charge in [-0.2, -0.15) is 0 Å². The van der Waals surface area contributed by atoms with Gasteiger partial charge in [0.1, 0.15) is 0 Å². The molecule has 0 amide bonds.